The monoisotopic (exact) mass is 264 g/mol. The molecular weight excluding hydrogens is 258 g/mol. The third-order valence-electron chi connectivity index (χ3n) is 1.45. The first-order valence-corrected chi connectivity index (χ1v) is 4.66. The third-order valence-corrected chi connectivity index (χ3v) is 2.43. The van der Waals surface area contributed by atoms with Crippen molar-refractivity contribution in [2.24, 2.45) is 0 Å². The lowest BCUT2D eigenvalue weighted by Crippen LogP contribution is -1.85. The molecule has 4 heteroatoms. The number of hydrogen-bond donors (Lipinski definition) is 0. The number of hydrogen-bond acceptors (Lipinski definition) is 1. The third kappa shape index (κ3) is 2.45. The Labute approximate surface area is 89.3 Å². The molecule has 0 radical (unpaired) electrons. The molecule has 0 bridgehead atoms. The van der Waals surface area contributed by atoms with Crippen molar-refractivity contribution < 1.29 is 9.13 Å². The highest BCUT2D eigenvalue weighted by Crippen LogP contribution is 2.26. The quantitative estimate of drug-likeness (QED) is 0.583. The lowest BCUT2D eigenvalue weighted by atomic mass is 10.2. The van der Waals surface area contributed by atoms with E-state index in [1.165, 1.54) is 25.5 Å². The Morgan fingerprint density at radius 3 is 2.85 bits per heavy atom. The molecule has 0 spiro atoms. The zero-order valence-electron chi connectivity index (χ0n) is 6.85. The smallest absolute Gasteiger partial charge is 0.150 e. The summed E-state index contributed by atoms with van der Waals surface area (Å²) in [6, 6.07) is 3.17. The van der Waals surface area contributed by atoms with Gasteiger partial charge < -0.3 is 4.74 Å². The van der Waals surface area contributed by atoms with Crippen LogP contribution in [0.3, 0.4) is 0 Å². The highest BCUT2D eigenvalue weighted by molar-refractivity contribution is 9.10. The SMILES string of the molecule is CO/C=C/c1c(Br)ccc(Cl)c1F. The molecule has 0 unspecified atom stereocenters. The van der Waals surface area contributed by atoms with E-state index in [-0.39, 0.29) is 5.02 Å². The van der Waals surface area contributed by atoms with Crippen LogP contribution in [0.15, 0.2) is 22.9 Å². The largest absolute Gasteiger partial charge is 0.504 e. The maximum absolute atomic E-state index is 13.3. The van der Waals surface area contributed by atoms with Gasteiger partial charge in [0.25, 0.3) is 0 Å². The van der Waals surface area contributed by atoms with Gasteiger partial charge in [0, 0.05) is 10.0 Å². The average Bonchev–Trinajstić information content (AvgIpc) is 2.12. The highest BCUT2D eigenvalue weighted by atomic mass is 79.9. The van der Waals surface area contributed by atoms with Crippen molar-refractivity contribution in [3.8, 4) is 0 Å². The van der Waals surface area contributed by atoms with Gasteiger partial charge in [-0.3, -0.25) is 0 Å². The summed E-state index contributed by atoms with van der Waals surface area (Å²) in [4.78, 5) is 0. The van der Waals surface area contributed by atoms with Gasteiger partial charge in [0.1, 0.15) is 5.82 Å². The van der Waals surface area contributed by atoms with E-state index in [0.29, 0.717) is 10.0 Å². The van der Waals surface area contributed by atoms with Crippen LogP contribution in [0.5, 0.6) is 0 Å². The van der Waals surface area contributed by atoms with E-state index in [0.717, 1.165) is 0 Å². The summed E-state index contributed by atoms with van der Waals surface area (Å²) in [5, 5.41) is 0.0963. The molecule has 0 saturated heterocycles. The lowest BCUT2D eigenvalue weighted by Gasteiger charge is -2.01. The molecule has 1 nitrogen and oxygen atoms in total. The maximum Gasteiger partial charge on any atom is 0.150 e. The normalized spacial score (nSPS) is 10.8. The fraction of sp³-hybridized carbons (Fsp3) is 0.111. The summed E-state index contributed by atoms with van der Waals surface area (Å²) < 4.78 is 18.6. The van der Waals surface area contributed by atoms with Gasteiger partial charge in [-0.1, -0.05) is 27.5 Å². The van der Waals surface area contributed by atoms with Crippen LogP contribution in [-0.4, -0.2) is 7.11 Å². The molecule has 0 saturated carbocycles. The van der Waals surface area contributed by atoms with E-state index in [1.54, 1.807) is 6.07 Å². The van der Waals surface area contributed by atoms with Gasteiger partial charge in [-0.05, 0) is 18.2 Å². The van der Waals surface area contributed by atoms with Crippen LogP contribution in [0.1, 0.15) is 5.56 Å². The fourth-order valence-corrected chi connectivity index (χ4v) is 1.43. The molecule has 0 aromatic heterocycles. The topological polar surface area (TPSA) is 9.23 Å². The zero-order valence-corrected chi connectivity index (χ0v) is 9.19. The van der Waals surface area contributed by atoms with Crippen LogP contribution in [0.25, 0.3) is 6.08 Å². The highest BCUT2D eigenvalue weighted by Gasteiger charge is 2.07. The molecule has 0 heterocycles. The Balaban J connectivity index is 3.17. The minimum absolute atomic E-state index is 0.0963. The Hall–Kier alpha value is -0.540. The van der Waals surface area contributed by atoms with Gasteiger partial charge in [0.15, 0.2) is 0 Å². The van der Waals surface area contributed by atoms with Crippen molar-refractivity contribution in [1.29, 1.82) is 0 Å². The Morgan fingerprint density at radius 2 is 2.23 bits per heavy atom. The Bertz CT molecular complexity index is 339. The number of halogens is 3. The van der Waals surface area contributed by atoms with Crippen LogP contribution in [0.4, 0.5) is 4.39 Å². The van der Waals surface area contributed by atoms with E-state index >= 15 is 0 Å². The van der Waals surface area contributed by atoms with Crippen molar-refractivity contribution in [2.75, 3.05) is 7.11 Å². The van der Waals surface area contributed by atoms with E-state index in [1.807, 2.05) is 0 Å². The molecule has 1 rings (SSSR count). The molecule has 0 amide bonds. The van der Waals surface area contributed by atoms with Crippen molar-refractivity contribution >= 4 is 33.6 Å². The standard InChI is InChI=1S/C9H7BrClFO/c1-13-5-4-6-7(10)2-3-8(11)9(6)12/h2-5H,1H3/b5-4+. The van der Waals surface area contributed by atoms with Gasteiger partial charge in [-0.25, -0.2) is 4.39 Å². The number of methoxy groups -OCH3 is 1. The number of ether oxygens (including phenoxy) is 1. The van der Waals surface area contributed by atoms with E-state index in [4.69, 9.17) is 11.6 Å². The summed E-state index contributed by atoms with van der Waals surface area (Å²) in [6.07, 6.45) is 2.89. The molecule has 0 aliphatic rings. The lowest BCUT2D eigenvalue weighted by molar-refractivity contribution is 0.341. The molecular formula is C9H7BrClFO. The molecule has 0 N–H and O–H groups in total. The van der Waals surface area contributed by atoms with Gasteiger partial charge >= 0.3 is 0 Å². The van der Waals surface area contributed by atoms with Gasteiger partial charge in [0.05, 0.1) is 18.4 Å². The van der Waals surface area contributed by atoms with Gasteiger partial charge in [0.2, 0.25) is 0 Å². The van der Waals surface area contributed by atoms with Crippen LogP contribution < -0.4 is 0 Å². The molecule has 70 valence electrons. The summed E-state index contributed by atoms with van der Waals surface area (Å²) >= 11 is 8.80. The summed E-state index contributed by atoms with van der Waals surface area (Å²) in [5.74, 6) is -0.454. The minimum Gasteiger partial charge on any atom is -0.504 e. The van der Waals surface area contributed by atoms with Crippen molar-refractivity contribution in [1.82, 2.24) is 0 Å². The maximum atomic E-state index is 13.3. The Morgan fingerprint density at radius 1 is 1.54 bits per heavy atom. The van der Waals surface area contributed by atoms with Crippen LogP contribution >= 0.6 is 27.5 Å². The average molecular weight is 266 g/mol. The second-order valence-corrected chi connectivity index (χ2v) is 3.56. The molecule has 0 aliphatic heterocycles. The van der Waals surface area contributed by atoms with Crippen molar-refractivity contribution in [2.45, 2.75) is 0 Å². The predicted octanol–water partition coefficient (Wildman–Crippen LogP) is 3.86. The molecule has 1 aromatic carbocycles. The van der Waals surface area contributed by atoms with Crippen LogP contribution in [0, 0.1) is 5.82 Å². The molecule has 13 heavy (non-hydrogen) atoms. The fourth-order valence-electron chi connectivity index (χ4n) is 0.832. The molecule has 0 atom stereocenters. The van der Waals surface area contributed by atoms with Crippen LogP contribution in [-0.2, 0) is 4.74 Å². The molecule has 0 fully saturated rings. The van der Waals surface area contributed by atoms with E-state index in [9.17, 15) is 4.39 Å². The first-order chi connectivity index (χ1) is 6.16. The molecule has 0 aliphatic carbocycles. The number of benzene rings is 1. The van der Waals surface area contributed by atoms with Crippen molar-refractivity contribution in [3.05, 3.63) is 39.3 Å². The predicted molar refractivity (Wildman–Crippen MR) is 55.2 cm³/mol. The first-order valence-electron chi connectivity index (χ1n) is 3.49. The first kappa shape index (κ1) is 10.5. The van der Waals surface area contributed by atoms with E-state index < -0.39 is 5.82 Å². The Kier molecular flexibility index (Phi) is 3.75. The summed E-state index contributed by atoms with van der Waals surface area (Å²) in [6.45, 7) is 0. The zero-order chi connectivity index (χ0) is 9.84. The van der Waals surface area contributed by atoms with Crippen molar-refractivity contribution in [3.63, 3.8) is 0 Å². The number of rotatable bonds is 2. The van der Waals surface area contributed by atoms with Gasteiger partial charge in [-0.2, -0.15) is 0 Å². The second-order valence-electron chi connectivity index (χ2n) is 2.30. The summed E-state index contributed by atoms with van der Waals surface area (Å²) in [5.41, 5.74) is 0.384. The van der Waals surface area contributed by atoms with Gasteiger partial charge in [-0.15, -0.1) is 0 Å². The minimum atomic E-state index is -0.454. The summed E-state index contributed by atoms with van der Waals surface area (Å²) in [7, 11) is 1.49. The molecule has 1 aromatic rings. The second kappa shape index (κ2) is 4.63. The van der Waals surface area contributed by atoms with Crippen LogP contribution in [0.2, 0.25) is 5.02 Å². The van der Waals surface area contributed by atoms with E-state index in [2.05, 4.69) is 20.7 Å².